The number of carbonyl (C=O) groups is 1. The molecule has 0 aliphatic rings. The molecule has 1 rings (SSSR count). The Kier molecular flexibility index (Phi) is 6.89. The lowest BCUT2D eigenvalue weighted by Crippen LogP contribution is -2.35. The van der Waals surface area contributed by atoms with Crippen molar-refractivity contribution in [2.45, 2.75) is 20.8 Å². The minimum Gasteiger partial charge on any atom is -0.370 e. The van der Waals surface area contributed by atoms with Crippen LogP contribution in [-0.4, -0.2) is 48.5 Å². The van der Waals surface area contributed by atoms with Gasteiger partial charge in [0.2, 0.25) is 0 Å². The molecule has 0 fully saturated rings. The molecule has 0 aliphatic carbocycles. The Morgan fingerprint density at radius 3 is 2.63 bits per heavy atom. The van der Waals surface area contributed by atoms with Gasteiger partial charge in [0, 0.05) is 19.6 Å². The summed E-state index contributed by atoms with van der Waals surface area (Å²) in [4.78, 5) is 18.5. The molecule has 1 aromatic rings. The second-order valence-corrected chi connectivity index (χ2v) is 4.22. The van der Waals surface area contributed by atoms with Crippen LogP contribution in [0.2, 0.25) is 0 Å². The maximum atomic E-state index is 11.9. The highest BCUT2D eigenvalue weighted by Gasteiger charge is 2.07. The average Bonchev–Trinajstić information content (AvgIpc) is 2.44. The molecule has 0 saturated carbocycles. The van der Waals surface area contributed by atoms with E-state index in [9.17, 15) is 4.79 Å². The summed E-state index contributed by atoms with van der Waals surface area (Å²) in [7, 11) is 0. The van der Waals surface area contributed by atoms with Crippen molar-refractivity contribution in [3.05, 3.63) is 23.9 Å². The highest BCUT2D eigenvalue weighted by Crippen LogP contribution is 2.04. The Bertz CT molecular complexity index is 391. The first kappa shape index (κ1) is 15.4. The summed E-state index contributed by atoms with van der Waals surface area (Å²) >= 11 is 0. The van der Waals surface area contributed by atoms with Crippen molar-refractivity contribution < 1.29 is 4.79 Å². The fourth-order valence-electron chi connectivity index (χ4n) is 1.80. The van der Waals surface area contributed by atoms with Crippen LogP contribution >= 0.6 is 0 Å². The van der Waals surface area contributed by atoms with Crippen LogP contribution in [0.4, 0.5) is 5.82 Å². The van der Waals surface area contributed by atoms with E-state index in [-0.39, 0.29) is 5.91 Å². The Labute approximate surface area is 115 Å². The van der Waals surface area contributed by atoms with E-state index in [1.165, 1.54) is 0 Å². The van der Waals surface area contributed by atoms with Crippen LogP contribution in [0.3, 0.4) is 0 Å². The van der Waals surface area contributed by atoms with Crippen molar-refractivity contribution in [2.75, 3.05) is 38.0 Å². The molecule has 5 nitrogen and oxygen atoms in total. The van der Waals surface area contributed by atoms with Crippen molar-refractivity contribution in [3.63, 3.8) is 0 Å². The van der Waals surface area contributed by atoms with Crippen LogP contribution in [0.25, 0.3) is 0 Å². The number of nitrogens with one attached hydrogen (secondary N) is 2. The molecule has 1 amide bonds. The van der Waals surface area contributed by atoms with Crippen LogP contribution in [0.5, 0.6) is 0 Å². The van der Waals surface area contributed by atoms with E-state index in [0.29, 0.717) is 12.2 Å². The molecule has 0 radical (unpaired) electrons. The van der Waals surface area contributed by atoms with Gasteiger partial charge >= 0.3 is 0 Å². The molecule has 1 aromatic heterocycles. The van der Waals surface area contributed by atoms with Gasteiger partial charge in [-0.2, -0.15) is 0 Å². The first-order valence-corrected chi connectivity index (χ1v) is 6.92. The van der Waals surface area contributed by atoms with Gasteiger partial charge in [0.15, 0.2) is 0 Å². The predicted molar refractivity (Wildman–Crippen MR) is 78.5 cm³/mol. The molecule has 0 unspecified atom stereocenters. The smallest absolute Gasteiger partial charge is 0.270 e. The van der Waals surface area contributed by atoms with E-state index in [4.69, 9.17) is 0 Å². The molecule has 19 heavy (non-hydrogen) atoms. The van der Waals surface area contributed by atoms with Crippen molar-refractivity contribution >= 4 is 11.7 Å². The number of aromatic nitrogens is 1. The van der Waals surface area contributed by atoms with Crippen LogP contribution in [0.15, 0.2) is 18.2 Å². The van der Waals surface area contributed by atoms with Gasteiger partial charge in [0.1, 0.15) is 11.5 Å². The maximum absolute atomic E-state index is 11.9. The first-order valence-electron chi connectivity index (χ1n) is 6.92. The second-order valence-electron chi connectivity index (χ2n) is 4.22. The van der Waals surface area contributed by atoms with Gasteiger partial charge in [-0.3, -0.25) is 4.79 Å². The van der Waals surface area contributed by atoms with Crippen LogP contribution < -0.4 is 10.6 Å². The maximum Gasteiger partial charge on any atom is 0.270 e. The number of nitrogens with zero attached hydrogens (tertiary/aromatic N) is 2. The Hall–Kier alpha value is -1.62. The van der Waals surface area contributed by atoms with Crippen LogP contribution in [0.1, 0.15) is 31.3 Å². The zero-order chi connectivity index (χ0) is 14.1. The third kappa shape index (κ3) is 5.26. The van der Waals surface area contributed by atoms with E-state index < -0.39 is 0 Å². The molecule has 5 heteroatoms. The van der Waals surface area contributed by atoms with Gasteiger partial charge in [-0.1, -0.05) is 19.9 Å². The van der Waals surface area contributed by atoms with E-state index in [0.717, 1.165) is 32.0 Å². The number of hydrogen-bond acceptors (Lipinski definition) is 4. The number of amides is 1. The summed E-state index contributed by atoms with van der Waals surface area (Å²) in [6, 6.07) is 5.42. The second kappa shape index (κ2) is 8.48. The summed E-state index contributed by atoms with van der Waals surface area (Å²) in [6.45, 7) is 10.5. The molecule has 0 spiro atoms. The molecule has 106 valence electrons. The lowest BCUT2D eigenvalue weighted by molar-refractivity contribution is 0.0944. The van der Waals surface area contributed by atoms with Crippen molar-refractivity contribution in [1.82, 2.24) is 15.2 Å². The summed E-state index contributed by atoms with van der Waals surface area (Å²) in [6.07, 6.45) is 0. The Balaban J connectivity index is 2.46. The van der Waals surface area contributed by atoms with Gasteiger partial charge in [0.25, 0.3) is 5.91 Å². The number of anilines is 1. The molecular weight excluding hydrogens is 240 g/mol. The summed E-state index contributed by atoms with van der Waals surface area (Å²) < 4.78 is 0. The molecule has 1 heterocycles. The number of pyridine rings is 1. The van der Waals surface area contributed by atoms with E-state index in [1.54, 1.807) is 6.07 Å². The highest BCUT2D eigenvalue weighted by atomic mass is 16.1. The monoisotopic (exact) mass is 264 g/mol. The summed E-state index contributed by atoms with van der Waals surface area (Å²) in [5.41, 5.74) is 0.456. The minimum atomic E-state index is -0.119. The average molecular weight is 264 g/mol. The standard InChI is InChI=1S/C14H24N4O/c1-4-15-13-9-7-8-12(17-13)14(19)16-10-11-18(5-2)6-3/h7-9H,4-6,10-11H2,1-3H3,(H,15,17)(H,16,19). The third-order valence-corrected chi connectivity index (χ3v) is 2.95. The van der Waals surface area contributed by atoms with Crippen LogP contribution in [0, 0.1) is 0 Å². The van der Waals surface area contributed by atoms with Gasteiger partial charge in [-0.15, -0.1) is 0 Å². The molecule has 0 aliphatic heterocycles. The van der Waals surface area contributed by atoms with Gasteiger partial charge in [0.05, 0.1) is 0 Å². The lowest BCUT2D eigenvalue weighted by Gasteiger charge is -2.17. The van der Waals surface area contributed by atoms with E-state index in [1.807, 2.05) is 19.1 Å². The topological polar surface area (TPSA) is 57.3 Å². The van der Waals surface area contributed by atoms with Crippen molar-refractivity contribution in [2.24, 2.45) is 0 Å². The third-order valence-electron chi connectivity index (χ3n) is 2.95. The highest BCUT2D eigenvalue weighted by molar-refractivity contribution is 5.92. The van der Waals surface area contributed by atoms with E-state index >= 15 is 0 Å². The number of likely N-dealkylation sites (N-methyl/N-ethyl adjacent to an activating group) is 1. The SMILES string of the molecule is CCNc1cccc(C(=O)NCCN(CC)CC)n1. The molecular formula is C14H24N4O. The lowest BCUT2D eigenvalue weighted by atomic mass is 10.3. The van der Waals surface area contributed by atoms with Gasteiger partial charge < -0.3 is 15.5 Å². The summed E-state index contributed by atoms with van der Waals surface area (Å²) in [5, 5.41) is 5.99. The molecule has 0 bridgehead atoms. The number of carbonyl (C=O) groups excluding carboxylic acids is 1. The predicted octanol–water partition coefficient (Wildman–Crippen LogP) is 1.58. The zero-order valence-corrected chi connectivity index (χ0v) is 12.1. The largest absolute Gasteiger partial charge is 0.370 e. The minimum absolute atomic E-state index is 0.119. The quantitative estimate of drug-likeness (QED) is 0.748. The fourth-order valence-corrected chi connectivity index (χ4v) is 1.80. The van der Waals surface area contributed by atoms with Crippen LogP contribution in [-0.2, 0) is 0 Å². The molecule has 0 saturated heterocycles. The fraction of sp³-hybridized carbons (Fsp3) is 0.571. The van der Waals surface area contributed by atoms with Gasteiger partial charge in [-0.05, 0) is 32.1 Å². The van der Waals surface area contributed by atoms with Crippen molar-refractivity contribution in [1.29, 1.82) is 0 Å². The Morgan fingerprint density at radius 1 is 1.26 bits per heavy atom. The molecule has 0 atom stereocenters. The summed E-state index contributed by atoms with van der Waals surface area (Å²) in [5.74, 6) is 0.616. The number of rotatable bonds is 8. The van der Waals surface area contributed by atoms with Gasteiger partial charge in [-0.25, -0.2) is 4.98 Å². The zero-order valence-electron chi connectivity index (χ0n) is 12.1. The van der Waals surface area contributed by atoms with Crippen molar-refractivity contribution in [3.8, 4) is 0 Å². The molecule has 0 aromatic carbocycles. The Morgan fingerprint density at radius 2 is 2.00 bits per heavy atom. The number of hydrogen-bond donors (Lipinski definition) is 2. The first-order chi connectivity index (χ1) is 9.21. The normalized spacial score (nSPS) is 10.5. The van der Waals surface area contributed by atoms with E-state index in [2.05, 4.69) is 34.4 Å². The molecule has 2 N–H and O–H groups in total.